The van der Waals surface area contributed by atoms with Crippen molar-refractivity contribution in [3.8, 4) is 0 Å². The van der Waals surface area contributed by atoms with Gasteiger partial charge < -0.3 is 27.6 Å². The van der Waals surface area contributed by atoms with Crippen LogP contribution in [-0.4, -0.2) is 48.1 Å². The van der Waals surface area contributed by atoms with Gasteiger partial charge in [-0.2, -0.15) is 0 Å². The van der Waals surface area contributed by atoms with Gasteiger partial charge in [0.15, 0.2) is 0 Å². The molecule has 0 aromatic heterocycles. The Morgan fingerprint density at radius 3 is 1.15 bits per heavy atom. The fourth-order valence-corrected chi connectivity index (χ4v) is 6.66. The van der Waals surface area contributed by atoms with Gasteiger partial charge in [-0.25, -0.2) is 19.6 Å². The third-order valence-corrected chi connectivity index (χ3v) is 8.42. The Balaban J connectivity index is 0.000000903. The summed E-state index contributed by atoms with van der Waals surface area (Å²) in [5, 5.41) is 7.38. The maximum atomic E-state index is 4.56. The molecule has 6 heteroatoms. The molecule has 1 unspecified atom stereocenters. The van der Waals surface area contributed by atoms with Gasteiger partial charge in [0.2, 0.25) is 0 Å². The predicted molar refractivity (Wildman–Crippen MR) is 231 cm³/mol. The molecule has 4 rings (SSSR count). The van der Waals surface area contributed by atoms with Crippen LogP contribution >= 0.6 is 0 Å². The van der Waals surface area contributed by atoms with Crippen LogP contribution < -0.4 is 27.6 Å². The van der Waals surface area contributed by atoms with Crippen molar-refractivity contribution < 1.29 is 17.0 Å². The Kier molecular flexibility index (Phi) is 22.2. The van der Waals surface area contributed by atoms with E-state index in [0.29, 0.717) is 6.04 Å². The quantitative estimate of drug-likeness (QED) is 0.0731. The number of hydrogen-bond donors (Lipinski definition) is 2. The van der Waals surface area contributed by atoms with Crippen LogP contribution in [0.15, 0.2) is 83.8 Å². The zero-order chi connectivity index (χ0) is 37.5. The second-order valence-electron chi connectivity index (χ2n) is 13.6. The molecule has 1 atom stereocenters. The molecule has 0 heterocycles. The molecule has 0 bridgehead atoms. The third kappa shape index (κ3) is 15.2. The number of aryl methyl sites for hydroxylation is 12. The van der Waals surface area contributed by atoms with Crippen LogP contribution in [-0.2, 0) is 0 Å². The summed E-state index contributed by atoms with van der Waals surface area (Å²) in [6, 6.07) is 17.9. The molecule has 0 saturated carbocycles. The number of allylic oxidation sites excluding steroid dienone is 1. The van der Waals surface area contributed by atoms with Gasteiger partial charge in [0.1, 0.15) is 0 Å². The first-order chi connectivity index (χ1) is 23.6. The molecule has 0 fully saturated rings. The number of nitrogens with one attached hydrogen (secondary N) is 2. The molecule has 0 aliphatic heterocycles. The molecule has 4 aromatic carbocycles. The Bertz CT molecular complexity index is 1680. The normalized spacial score (nSPS) is 10.9. The van der Waals surface area contributed by atoms with Crippen molar-refractivity contribution in [1.29, 1.82) is 0 Å². The fourth-order valence-electron chi connectivity index (χ4n) is 6.66. The monoisotopic (exact) mass is 772 g/mol. The van der Waals surface area contributed by atoms with Gasteiger partial charge in [-0.3, -0.25) is 9.98 Å². The van der Waals surface area contributed by atoms with Gasteiger partial charge in [-0.1, -0.05) is 76.9 Å². The fraction of sp³-hybridized carbons (Fsp3) is 0.326. The minimum atomic E-state index is 0. The SMILES string of the molecule is C=CCC(CNc1c(C)cc(C)cc1C)Nc1c(C)cc(C)cc1C.C=C[CH2-].Cc1cc(C)c(N=CC=Nc2c(C)cc(C)cc2C)c(C)c1.[Br-].[Mg+2]. The molecular weight excluding hydrogens is 713 g/mol. The van der Waals surface area contributed by atoms with Crippen molar-refractivity contribution in [2.24, 2.45) is 9.98 Å². The summed E-state index contributed by atoms with van der Waals surface area (Å²) in [6.07, 6.45) is 7.98. The van der Waals surface area contributed by atoms with Crippen LogP contribution in [0.25, 0.3) is 0 Å². The van der Waals surface area contributed by atoms with Crippen molar-refractivity contribution >= 4 is 58.2 Å². The van der Waals surface area contributed by atoms with Crippen molar-refractivity contribution in [2.45, 2.75) is 95.5 Å². The third-order valence-electron chi connectivity index (χ3n) is 8.42. The molecule has 0 amide bonds. The van der Waals surface area contributed by atoms with E-state index in [1.54, 1.807) is 12.4 Å². The summed E-state index contributed by atoms with van der Waals surface area (Å²) in [7, 11) is 0. The molecule has 4 nitrogen and oxygen atoms in total. The van der Waals surface area contributed by atoms with E-state index in [0.717, 1.165) is 24.3 Å². The van der Waals surface area contributed by atoms with Gasteiger partial charge in [0, 0.05) is 36.4 Å². The summed E-state index contributed by atoms with van der Waals surface area (Å²) in [6.45, 7) is 36.9. The minimum absolute atomic E-state index is 0. The van der Waals surface area contributed by atoms with Gasteiger partial charge in [-0.15, -0.1) is 6.58 Å². The Labute approximate surface area is 343 Å². The number of anilines is 2. The zero-order valence-corrected chi connectivity index (χ0v) is 37.0. The minimum Gasteiger partial charge on any atom is -1.00 e. The van der Waals surface area contributed by atoms with E-state index < -0.39 is 0 Å². The Morgan fingerprint density at radius 1 is 0.558 bits per heavy atom. The van der Waals surface area contributed by atoms with Crippen LogP contribution in [0, 0.1) is 90.0 Å². The molecule has 52 heavy (non-hydrogen) atoms. The average Bonchev–Trinajstić information content (AvgIpc) is 2.99. The van der Waals surface area contributed by atoms with Gasteiger partial charge >= 0.3 is 23.1 Å². The molecular formula is C46H61BrMgN4. The zero-order valence-electron chi connectivity index (χ0n) is 34.0. The number of benzene rings is 4. The van der Waals surface area contributed by atoms with Gasteiger partial charge in [0.25, 0.3) is 0 Å². The summed E-state index contributed by atoms with van der Waals surface area (Å²) >= 11 is 0. The first-order valence-electron chi connectivity index (χ1n) is 17.5. The van der Waals surface area contributed by atoms with E-state index in [-0.39, 0.29) is 40.0 Å². The molecule has 0 saturated heterocycles. The van der Waals surface area contributed by atoms with Gasteiger partial charge in [-0.05, 0) is 134 Å². The Hall–Kier alpha value is -3.58. The van der Waals surface area contributed by atoms with Crippen LogP contribution in [0.4, 0.5) is 22.7 Å². The maximum Gasteiger partial charge on any atom is 2.00 e. The van der Waals surface area contributed by atoms with E-state index in [1.807, 2.05) is 6.08 Å². The summed E-state index contributed by atoms with van der Waals surface area (Å²) in [5.41, 5.74) is 19.7. The molecule has 4 aromatic rings. The second-order valence-corrected chi connectivity index (χ2v) is 13.6. The Morgan fingerprint density at radius 2 is 0.846 bits per heavy atom. The van der Waals surface area contributed by atoms with E-state index in [4.69, 9.17) is 0 Å². The number of aliphatic imine (C=N–C) groups is 2. The van der Waals surface area contributed by atoms with Crippen molar-refractivity contribution in [3.05, 3.63) is 148 Å². The van der Waals surface area contributed by atoms with Crippen molar-refractivity contribution in [2.75, 3.05) is 17.2 Å². The van der Waals surface area contributed by atoms with Crippen molar-refractivity contribution in [1.82, 2.24) is 0 Å². The van der Waals surface area contributed by atoms with Crippen LogP contribution in [0.1, 0.15) is 73.2 Å². The van der Waals surface area contributed by atoms with Crippen molar-refractivity contribution in [3.63, 3.8) is 0 Å². The molecule has 0 aliphatic rings. The number of rotatable bonds is 10. The maximum absolute atomic E-state index is 4.56. The summed E-state index contributed by atoms with van der Waals surface area (Å²) < 4.78 is 0. The summed E-state index contributed by atoms with van der Waals surface area (Å²) in [5.74, 6) is 0. The molecule has 0 spiro atoms. The van der Waals surface area contributed by atoms with Gasteiger partial charge in [0.05, 0.1) is 11.4 Å². The number of hydrogen-bond acceptors (Lipinski definition) is 4. The summed E-state index contributed by atoms with van der Waals surface area (Å²) in [4.78, 5) is 9.13. The topological polar surface area (TPSA) is 48.8 Å². The smallest absolute Gasteiger partial charge is 1.00 e. The average molecular weight is 774 g/mol. The molecule has 2 N–H and O–H groups in total. The van der Waals surface area contributed by atoms with E-state index in [2.05, 4.69) is 172 Å². The molecule has 274 valence electrons. The predicted octanol–water partition coefficient (Wildman–Crippen LogP) is 9.28. The number of nitrogens with zero attached hydrogens (tertiary/aromatic N) is 2. The van der Waals surface area contributed by atoms with Crippen LogP contribution in [0.2, 0.25) is 0 Å². The van der Waals surface area contributed by atoms with E-state index >= 15 is 0 Å². The first-order valence-corrected chi connectivity index (χ1v) is 17.5. The largest absolute Gasteiger partial charge is 2.00 e. The van der Waals surface area contributed by atoms with Crippen LogP contribution in [0.5, 0.6) is 0 Å². The second kappa shape index (κ2) is 23.9. The number of halogens is 1. The van der Waals surface area contributed by atoms with Crippen LogP contribution in [0.3, 0.4) is 0 Å². The molecule has 0 aliphatic carbocycles. The van der Waals surface area contributed by atoms with E-state index in [1.165, 1.54) is 84.2 Å². The van der Waals surface area contributed by atoms with E-state index in [9.17, 15) is 0 Å². The molecule has 0 radical (unpaired) electrons. The standard InChI is InChI=1S/C23H32N2.C20H24N2.C3H5.BrH.Mg/c1-8-9-21(25-23-19(6)12-16(3)13-20(23)7)14-24-22-17(4)10-15(2)11-18(22)5;1-13-9-15(3)19(16(4)10-13)21-7-8-22-20-17(5)11-14(2)12-18(20)6;1-3-2;;/h8,10-13,21,24-25H,1,9,14H2,2-7H3;7-12H,1-6H3;3H,1-2H2;1H;/q;;-1;;+2/p-1. The first kappa shape index (κ1) is 48.4.